The summed E-state index contributed by atoms with van der Waals surface area (Å²) < 4.78 is 5.13. The van der Waals surface area contributed by atoms with Gasteiger partial charge in [-0.25, -0.2) is 19.7 Å². The standard InChI is InChI=1S/C15H12N6O2/c22-15-20-11-2-1-9(5-12(11)21-15)10-6-17-14(18-7-10)19-8-13-16-3-4-23-13/h1-7H,8H2,(H,17,18,19)(H2,20,21,22). The highest BCUT2D eigenvalue weighted by Crippen LogP contribution is 2.21. The summed E-state index contributed by atoms with van der Waals surface area (Å²) in [4.78, 5) is 29.3. The van der Waals surface area contributed by atoms with Crippen LogP contribution in [-0.4, -0.2) is 24.9 Å². The zero-order chi connectivity index (χ0) is 15.6. The smallest absolute Gasteiger partial charge is 0.323 e. The van der Waals surface area contributed by atoms with Gasteiger partial charge < -0.3 is 19.7 Å². The summed E-state index contributed by atoms with van der Waals surface area (Å²) in [5.41, 5.74) is 3.07. The summed E-state index contributed by atoms with van der Waals surface area (Å²) in [7, 11) is 0. The third-order valence-electron chi connectivity index (χ3n) is 3.38. The highest BCUT2D eigenvalue weighted by molar-refractivity contribution is 5.81. The van der Waals surface area contributed by atoms with Gasteiger partial charge in [0.05, 0.1) is 23.8 Å². The van der Waals surface area contributed by atoms with Crippen molar-refractivity contribution >= 4 is 17.0 Å². The zero-order valence-electron chi connectivity index (χ0n) is 11.9. The van der Waals surface area contributed by atoms with Crippen molar-refractivity contribution in [2.24, 2.45) is 0 Å². The number of rotatable bonds is 4. The average Bonchev–Trinajstić information content (AvgIpc) is 3.21. The molecule has 0 bridgehead atoms. The first kappa shape index (κ1) is 13.3. The lowest BCUT2D eigenvalue weighted by atomic mass is 10.1. The topological polar surface area (TPSA) is 112 Å². The fourth-order valence-corrected chi connectivity index (χ4v) is 2.28. The van der Waals surface area contributed by atoms with Crippen LogP contribution >= 0.6 is 0 Å². The second kappa shape index (κ2) is 5.41. The quantitative estimate of drug-likeness (QED) is 0.531. The van der Waals surface area contributed by atoms with Crippen LogP contribution in [0.15, 0.2) is 52.3 Å². The third kappa shape index (κ3) is 2.69. The molecule has 0 saturated carbocycles. The Labute approximate surface area is 129 Å². The minimum absolute atomic E-state index is 0.223. The fourth-order valence-electron chi connectivity index (χ4n) is 2.28. The number of oxazole rings is 1. The summed E-state index contributed by atoms with van der Waals surface area (Å²) in [5.74, 6) is 1.06. The molecule has 0 atom stereocenters. The van der Waals surface area contributed by atoms with E-state index in [0.29, 0.717) is 18.4 Å². The SMILES string of the molecule is O=c1[nH]c2ccc(-c3cnc(NCc4ncco4)nc3)cc2[nH]1. The molecule has 0 spiro atoms. The molecule has 3 heterocycles. The second-order valence-electron chi connectivity index (χ2n) is 4.91. The molecule has 114 valence electrons. The lowest BCUT2D eigenvalue weighted by Crippen LogP contribution is -2.03. The first-order chi connectivity index (χ1) is 11.3. The van der Waals surface area contributed by atoms with Gasteiger partial charge in [-0.1, -0.05) is 6.07 Å². The molecular formula is C15H12N6O2. The Kier molecular flexibility index (Phi) is 3.12. The van der Waals surface area contributed by atoms with Crippen molar-refractivity contribution in [2.75, 3.05) is 5.32 Å². The Morgan fingerprint density at radius 2 is 1.87 bits per heavy atom. The van der Waals surface area contributed by atoms with Crippen LogP contribution in [0.25, 0.3) is 22.2 Å². The number of aromatic amines is 2. The number of H-pyrrole nitrogens is 2. The molecule has 0 amide bonds. The predicted octanol–water partition coefficient (Wildman–Crippen LogP) is 1.91. The highest BCUT2D eigenvalue weighted by atomic mass is 16.3. The predicted molar refractivity (Wildman–Crippen MR) is 83.8 cm³/mol. The molecule has 23 heavy (non-hydrogen) atoms. The number of imidazole rings is 1. The van der Waals surface area contributed by atoms with E-state index in [-0.39, 0.29) is 5.69 Å². The van der Waals surface area contributed by atoms with Crippen molar-refractivity contribution in [1.82, 2.24) is 24.9 Å². The Morgan fingerprint density at radius 3 is 2.65 bits per heavy atom. The molecule has 0 saturated heterocycles. The first-order valence-corrected chi connectivity index (χ1v) is 6.95. The molecule has 8 heteroatoms. The van der Waals surface area contributed by atoms with Gasteiger partial charge in [0.1, 0.15) is 6.26 Å². The van der Waals surface area contributed by atoms with Crippen molar-refractivity contribution in [2.45, 2.75) is 6.54 Å². The van der Waals surface area contributed by atoms with E-state index in [1.807, 2.05) is 18.2 Å². The molecule has 3 aromatic heterocycles. The first-order valence-electron chi connectivity index (χ1n) is 6.95. The largest absolute Gasteiger partial charge is 0.447 e. The van der Waals surface area contributed by atoms with Crippen LogP contribution in [0.5, 0.6) is 0 Å². The Hall–Kier alpha value is -3.42. The molecule has 0 radical (unpaired) electrons. The van der Waals surface area contributed by atoms with Crippen LogP contribution in [0, 0.1) is 0 Å². The third-order valence-corrected chi connectivity index (χ3v) is 3.38. The lowest BCUT2D eigenvalue weighted by molar-refractivity contribution is 0.503. The van der Waals surface area contributed by atoms with Crippen molar-refractivity contribution < 1.29 is 4.42 Å². The van der Waals surface area contributed by atoms with E-state index in [0.717, 1.165) is 22.2 Å². The summed E-state index contributed by atoms with van der Waals surface area (Å²) in [6.45, 7) is 0.420. The number of nitrogens with zero attached hydrogens (tertiary/aromatic N) is 3. The van der Waals surface area contributed by atoms with Crippen LogP contribution in [0.3, 0.4) is 0 Å². The number of nitrogens with one attached hydrogen (secondary N) is 3. The van der Waals surface area contributed by atoms with E-state index in [4.69, 9.17) is 4.42 Å². The van der Waals surface area contributed by atoms with E-state index in [1.54, 1.807) is 18.6 Å². The van der Waals surface area contributed by atoms with Crippen molar-refractivity contribution in [3.05, 3.63) is 59.4 Å². The lowest BCUT2D eigenvalue weighted by Gasteiger charge is -2.04. The van der Waals surface area contributed by atoms with Gasteiger partial charge >= 0.3 is 5.69 Å². The van der Waals surface area contributed by atoms with Crippen LogP contribution < -0.4 is 11.0 Å². The average molecular weight is 308 g/mol. The molecular weight excluding hydrogens is 296 g/mol. The van der Waals surface area contributed by atoms with Gasteiger partial charge in [-0.15, -0.1) is 0 Å². The van der Waals surface area contributed by atoms with E-state index in [2.05, 4.69) is 30.2 Å². The van der Waals surface area contributed by atoms with Gasteiger partial charge in [-0.05, 0) is 17.7 Å². The molecule has 0 aliphatic heterocycles. The maximum atomic E-state index is 11.3. The monoisotopic (exact) mass is 308 g/mol. The maximum Gasteiger partial charge on any atom is 0.323 e. The van der Waals surface area contributed by atoms with Crippen LogP contribution in [0.1, 0.15) is 5.89 Å². The maximum absolute atomic E-state index is 11.3. The van der Waals surface area contributed by atoms with Gasteiger partial charge in [0.15, 0.2) is 0 Å². The number of anilines is 1. The Balaban J connectivity index is 1.55. The molecule has 0 aliphatic carbocycles. The molecule has 8 nitrogen and oxygen atoms in total. The van der Waals surface area contributed by atoms with Gasteiger partial charge in [-0.2, -0.15) is 0 Å². The summed E-state index contributed by atoms with van der Waals surface area (Å²) in [6.07, 6.45) is 6.54. The number of hydrogen-bond donors (Lipinski definition) is 3. The molecule has 0 fully saturated rings. The minimum atomic E-state index is -0.223. The van der Waals surface area contributed by atoms with Crippen LogP contribution in [0.4, 0.5) is 5.95 Å². The molecule has 0 unspecified atom stereocenters. The summed E-state index contributed by atoms with van der Waals surface area (Å²) >= 11 is 0. The van der Waals surface area contributed by atoms with E-state index < -0.39 is 0 Å². The van der Waals surface area contributed by atoms with Gasteiger partial charge in [0.2, 0.25) is 11.8 Å². The molecule has 4 rings (SSSR count). The molecule has 1 aromatic carbocycles. The van der Waals surface area contributed by atoms with E-state index in [9.17, 15) is 4.79 Å². The number of benzene rings is 1. The Morgan fingerprint density at radius 1 is 1.04 bits per heavy atom. The second-order valence-corrected chi connectivity index (χ2v) is 4.91. The Bertz CT molecular complexity index is 985. The van der Waals surface area contributed by atoms with Crippen molar-refractivity contribution in [1.29, 1.82) is 0 Å². The van der Waals surface area contributed by atoms with E-state index >= 15 is 0 Å². The highest BCUT2D eigenvalue weighted by Gasteiger charge is 2.05. The van der Waals surface area contributed by atoms with Crippen molar-refractivity contribution in [3.8, 4) is 11.1 Å². The van der Waals surface area contributed by atoms with Crippen molar-refractivity contribution in [3.63, 3.8) is 0 Å². The van der Waals surface area contributed by atoms with Gasteiger partial charge in [0, 0.05) is 18.0 Å². The number of hydrogen-bond acceptors (Lipinski definition) is 6. The normalized spacial score (nSPS) is 11.0. The number of fused-ring (bicyclic) bond motifs is 1. The summed E-state index contributed by atoms with van der Waals surface area (Å²) in [5, 5.41) is 3.03. The van der Waals surface area contributed by atoms with Gasteiger partial charge in [-0.3, -0.25) is 0 Å². The zero-order valence-corrected chi connectivity index (χ0v) is 11.9. The van der Waals surface area contributed by atoms with Crippen LogP contribution in [-0.2, 0) is 6.54 Å². The van der Waals surface area contributed by atoms with Crippen LogP contribution in [0.2, 0.25) is 0 Å². The molecule has 4 aromatic rings. The minimum Gasteiger partial charge on any atom is -0.447 e. The van der Waals surface area contributed by atoms with E-state index in [1.165, 1.54) is 6.26 Å². The fraction of sp³-hybridized carbons (Fsp3) is 0.0667. The molecule has 0 aliphatic rings. The number of aromatic nitrogens is 5. The summed E-state index contributed by atoms with van der Waals surface area (Å²) in [6, 6.07) is 5.63. The van der Waals surface area contributed by atoms with Gasteiger partial charge in [0.25, 0.3) is 0 Å². The molecule has 3 N–H and O–H groups in total.